The lowest BCUT2D eigenvalue weighted by Gasteiger charge is -2.13. The second-order valence-corrected chi connectivity index (χ2v) is 5.39. The monoisotopic (exact) mass is 263 g/mol. The predicted octanol–water partition coefficient (Wildman–Crippen LogP) is 3.35. The summed E-state index contributed by atoms with van der Waals surface area (Å²) in [5, 5.41) is 9.76. The van der Waals surface area contributed by atoms with Gasteiger partial charge in [-0.2, -0.15) is 0 Å². The number of likely N-dealkylation sites (tertiary alicyclic amines) is 1. The summed E-state index contributed by atoms with van der Waals surface area (Å²) in [5.41, 5.74) is 2.36. The van der Waals surface area contributed by atoms with Crippen molar-refractivity contribution in [3.63, 3.8) is 0 Å². The van der Waals surface area contributed by atoms with E-state index in [1.54, 1.807) is 0 Å². The molecule has 0 aromatic heterocycles. The first-order valence-corrected chi connectivity index (χ1v) is 6.46. The number of hydrogen-bond acceptors (Lipinski definition) is 1. The smallest absolute Gasteiger partial charge is 0.407 e. The van der Waals surface area contributed by atoms with Gasteiger partial charge in [0.15, 0.2) is 0 Å². The molecule has 1 saturated heterocycles. The average Bonchev–Trinajstić information content (AvgIpc) is 2.87. The Bertz CT molecular complexity index is 526. The molecule has 1 aliphatic heterocycles. The molecule has 1 N–H and O–H groups in total. The first-order chi connectivity index (χ1) is 8.65. The topological polar surface area (TPSA) is 40.5 Å². The number of amides is 1. The van der Waals surface area contributed by atoms with Gasteiger partial charge in [0.05, 0.1) is 0 Å². The second-order valence-electron chi connectivity index (χ2n) is 4.99. The van der Waals surface area contributed by atoms with Crippen molar-refractivity contribution in [2.45, 2.75) is 6.42 Å². The van der Waals surface area contributed by atoms with Crippen molar-refractivity contribution in [2.75, 3.05) is 13.1 Å². The number of benzene rings is 1. The zero-order chi connectivity index (χ0) is 12.7. The fraction of sp³-hybridized carbons (Fsp3) is 0.357. The molecule has 3 rings (SSSR count). The number of halogens is 1. The van der Waals surface area contributed by atoms with E-state index in [9.17, 15) is 4.79 Å². The number of rotatable bonds is 1. The summed E-state index contributed by atoms with van der Waals surface area (Å²) in [4.78, 5) is 12.4. The molecule has 3 nitrogen and oxygen atoms in total. The fourth-order valence-corrected chi connectivity index (χ4v) is 3.24. The second kappa shape index (κ2) is 4.32. The summed E-state index contributed by atoms with van der Waals surface area (Å²) in [6, 6.07) is 7.84. The highest BCUT2D eigenvalue weighted by atomic mass is 35.5. The van der Waals surface area contributed by atoms with Gasteiger partial charge < -0.3 is 10.0 Å². The molecule has 1 aromatic rings. The van der Waals surface area contributed by atoms with Gasteiger partial charge in [0, 0.05) is 18.1 Å². The van der Waals surface area contributed by atoms with Crippen LogP contribution >= 0.6 is 11.6 Å². The molecule has 2 unspecified atom stereocenters. The fourth-order valence-electron chi connectivity index (χ4n) is 2.99. The van der Waals surface area contributed by atoms with E-state index in [0.717, 1.165) is 17.0 Å². The van der Waals surface area contributed by atoms with Crippen LogP contribution in [-0.2, 0) is 0 Å². The van der Waals surface area contributed by atoms with E-state index in [-0.39, 0.29) is 0 Å². The van der Waals surface area contributed by atoms with E-state index in [4.69, 9.17) is 16.7 Å². The maximum atomic E-state index is 10.9. The van der Waals surface area contributed by atoms with Gasteiger partial charge in [-0.25, -0.2) is 4.79 Å². The van der Waals surface area contributed by atoms with Gasteiger partial charge in [-0.05, 0) is 35.5 Å². The molecule has 0 bridgehead atoms. The van der Waals surface area contributed by atoms with Gasteiger partial charge >= 0.3 is 6.09 Å². The molecular formula is C14H14ClNO2. The Morgan fingerprint density at radius 1 is 1.33 bits per heavy atom. The molecule has 2 atom stereocenters. The Balaban J connectivity index is 1.82. The zero-order valence-corrected chi connectivity index (χ0v) is 10.6. The van der Waals surface area contributed by atoms with Crippen LogP contribution in [0.5, 0.6) is 0 Å². The van der Waals surface area contributed by atoms with Crippen LogP contribution < -0.4 is 0 Å². The lowest BCUT2D eigenvalue weighted by Crippen LogP contribution is -2.27. The third-order valence-corrected chi connectivity index (χ3v) is 4.21. The number of carboxylic acid groups (broad SMARTS) is 1. The van der Waals surface area contributed by atoms with Crippen molar-refractivity contribution in [1.29, 1.82) is 0 Å². The lowest BCUT2D eigenvalue weighted by molar-refractivity contribution is 0.153. The number of hydrogen-bond donors (Lipinski definition) is 1. The maximum Gasteiger partial charge on any atom is 0.407 e. The molecule has 1 aromatic carbocycles. The number of fused-ring (bicyclic) bond motifs is 1. The number of nitrogens with zero attached hydrogens (tertiary/aromatic N) is 1. The minimum absolute atomic E-state index is 0.354. The average molecular weight is 264 g/mol. The molecular weight excluding hydrogens is 250 g/mol. The Kier molecular flexibility index (Phi) is 2.78. The zero-order valence-electron chi connectivity index (χ0n) is 9.84. The van der Waals surface area contributed by atoms with Crippen molar-refractivity contribution >= 4 is 23.3 Å². The van der Waals surface area contributed by atoms with Crippen LogP contribution in [0.3, 0.4) is 0 Å². The van der Waals surface area contributed by atoms with Gasteiger partial charge in [0.25, 0.3) is 0 Å². The van der Waals surface area contributed by atoms with Crippen molar-refractivity contribution in [3.05, 3.63) is 40.9 Å². The third-order valence-electron chi connectivity index (χ3n) is 3.88. The van der Waals surface area contributed by atoms with E-state index in [1.807, 2.05) is 24.3 Å². The van der Waals surface area contributed by atoms with Crippen LogP contribution in [0.1, 0.15) is 12.0 Å². The molecule has 1 heterocycles. The highest BCUT2D eigenvalue weighted by Crippen LogP contribution is 2.42. The van der Waals surface area contributed by atoms with Crippen LogP contribution in [0.4, 0.5) is 4.79 Å². The molecule has 94 valence electrons. The van der Waals surface area contributed by atoms with Crippen LogP contribution in [0.2, 0.25) is 5.02 Å². The molecule has 0 saturated carbocycles. The van der Waals surface area contributed by atoms with Crippen molar-refractivity contribution < 1.29 is 9.90 Å². The first-order valence-electron chi connectivity index (χ1n) is 6.08. The Hall–Kier alpha value is -1.48. The Labute approximate surface area is 111 Å². The van der Waals surface area contributed by atoms with E-state index in [1.165, 1.54) is 10.5 Å². The summed E-state index contributed by atoms with van der Waals surface area (Å²) in [7, 11) is 0. The molecule has 0 radical (unpaired) electrons. The van der Waals surface area contributed by atoms with E-state index in [2.05, 4.69) is 6.08 Å². The minimum Gasteiger partial charge on any atom is -0.465 e. The molecule has 18 heavy (non-hydrogen) atoms. The maximum absolute atomic E-state index is 10.9. The van der Waals surface area contributed by atoms with E-state index in [0.29, 0.717) is 24.9 Å². The molecule has 2 aliphatic rings. The standard InChI is InChI=1S/C14H14ClNO2/c15-13-4-2-1-3-12(13)9-5-10-7-16(14(17)18)8-11(10)6-9/h1-5,10-11H,6-8H2,(H,17,18). The van der Waals surface area contributed by atoms with Gasteiger partial charge in [-0.15, -0.1) is 0 Å². The van der Waals surface area contributed by atoms with Crippen LogP contribution in [-0.4, -0.2) is 29.2 Å². The van der Waals surface area contributed by atoms with Crippen molar-refractivity contribution in [1.82, 2.24) is 4.90 Å². The Morgan fingerprint density at radius 3 is 2.78 bits per heavy atom. The largest absolute Gasteiger partial charge is 0.465 e. The normalized spacial score (nSPS) is 26.1. The summed E-state index contributed by atoms with van der Waals surface area (Å²) >= 11 is 6.19. The number of allylic oxidation sites excluding steroid dienone is 1. The number of carbonyl (C=O) groups is 1. The summed E-state index contributed by atoms with van der Waals surface area (Å²) < 4.78 is 0. The first kappa shape index (κ1) is 11.6. The summed E-state index contributed by atoms with van der Waals surface area (Å²) in [5.74, 6) is 0.778. The summed E-state index contributed by atoms with van der Waals surface area (Å²) in [6.45, 7) is 1.26. The van der Waals surface area contributed by atoms with E-state index < -0.39 is 6.09 Å². The molecule has 1 fully saturated rings. The molecule has 0 spiro atoms. The van der Waals surface area contributed by atoms with Crippen LogP contribution in [0, 0.1) is 11.8 Å². The van der Waals surface area contributed by atoms with Gasteiger partial charge in [-0.3, -0.25) is 0 Å². The SMILES string of the molecule is O=C(O)N1CC2C=C(c3ccccc3Cl)CC2C1. The van der Waals surface area contributed by atoms with Gasteiger partial charge in [0.2, 0.25) is 0 Å². The van der Waals surface area contributed by atoms with Crippen molar-refractivity contribution in [3.8, 4) is 0 Å². The Morgan fingerprint density at radius 2 is 2.11 bits per heavy atom. The highest BCUT2D eigenvalue weighted by molar-refractivity contribution is 6.32. The summed E-state index contributed by atoms with van der Waals surface area (Å²) in [6.07, 6.45) is 2.32. The molecule has 1 amide bonds. The molecule has 4 heteroatoms. The van der Waals surface area contributed by atoms with Gasteiger partial charge in [-0.1, -0.05) is 35.9 Å². The highest BCUT2D eigenvalue weighted by Gasteiger charge is 2.38. The molecule has 1 aliphatic carbocycles. The van der Waals surface area contributed by atoms with E-state index >= 15 is 0 Å². The van der Waals surface area contributed by atoms with Crippen molar-refractivity contribution in [2.24, 2.45) is 11.8 Å². The van der Waals surface area contributed by atoms with Gasteiger partial charge in [0.1, 0.15) is 0 Å². The quantitative estimate of drug-likeness (QED) is 0.844. The minimum atomic E-state index is -0.808. The van der Waals surface area contributed by atoms with Crippen LogP contribution in [0.15, 0.2) is 30.3 Å². The third kappa shape index (κ3) is 1.89. The van der Waals surface area contributed by atoms with Crippen LogP contribution in [0.25, 0.3) is 5.57 Å². The lowest BCUT2D eigenvalue weighted by atomic mass is 9.98. The predicted molar refractivity (Wildman–Crippen MR) is 70.6 cm³/mol.